The van der Waals surface area contributed by atoms with Crippen LogP contribution in [0.4, 0.5) is 0 Å². The molecule has 0 spiro atoms. The van der Waals surface area contributed by atoms with Gasteiger partial charge in [0.25, 0.3) is 0 Å². The molecule has 1 aliphatic rings. The number of nitrogens with zero attached hydrogens (tertiary/aromatic N) is 1. The average Bonchev–Trinajstić information content (AvgIpc) is 2.67. The molecule has 4 nitrogen and oxygen atoms in total. The summed E-state index contributed by atoms with van der Waals surface area (Å²) in [6.45, 7) is 2.59. The maximum absolute atomic E-state index is 5.46. The van der Waals surface area contributed by atoms with Crippen molar-refractivity contribution in [3.63, 3.8) is 0 Å². The second kappa shape index (κ2) is 3.89. The van der Waals surface area contributed by atoms with Crippen molar-refractivity contribution >= 4 is 0 Å². The quantitative estimate of drug-likeness (QED) is 0.701. The molecular formula is C9H15N3O. The molecular weight excluding hydrogens is 166 g/mol. The zero-order valence-corrected chi connectivity index (χ0v) is 7.62. The molecule has 1 aromatic heterocycles. The van der Waals surface area contributed by atoms with Gasteiger partial charge in [0.1, 0.15) is 6.26 Å². The summed E-state index contributed by atoms with van der Waals surface area (Å²) >= 11 is 0. The fourth-order valence-corrected chi connectivity index (χ4v) is 1.67. The first-order valence-electron chi connectivity index (χ1n) is 4.75. The van der Waals surface area contributed by atoms with Gasteiger partial charge in [-0.15, -0.1) is 0 Å². The van der Waals surface area contributed by atoms with Crippen LogP contribution in [0.3, 0.4) is 0 Å². The van der Waals surface area contributed by atoms with E-state index < -0.39 is 0 Å². The van der Waals surface area contributed by atoms with Crippen LogP contribution in [0.15, 0.2) is 10.7 Å². The number of rotatable bonds is 2. The van der Waals surface area contributed by atoms with E-state index in [1.54, 1.807) is 6.26 Å². The lowest BCUT2D eigenvalue weighted by atomic mass is 9.98. The molecule has 3 N–H and O–H groups in total. The summed E-state index contributed by atoms with van der Waals surface area (Å²) in [5.74, 6) is 1.35. The molecule has 2 heterocycles. The molecule has 1 saturated heterocycles. The van der Waals surface area contributed by atoms with Gasteiger partial charge < -0.3 is 15.5 Å². The summed E-state index contributed by atoms with van der Waals surface area (Å²) in [6, 6.07) is 0. The van der Waals surface area contributed by atoms with Crippen LogP contribution in [0.1, 0.15) is 30.3 Å². The standard InChI is InChI=1S/C9H15N3O/c10-5-8-6-13-9(12-8)7-1-3-11-4-2-7/h6-7,11H,1-5,10H2. The van der Waals surface area contributed by atoms with Crippen molar-refractivity contribution in [1.29, 1.82) is 0 Å². The van der Waals surface area contributed by atoms with Crippen LogP contribution in [0.2, 0.25) is 0 Å². The number of oxazole rings is 1. The van der Waals surface area contributed by atoms with Crippen molar-refractivity contribution in [2.24, 2.45) is 5.73 Å². The Balaban J connectivity index is 2.05. The summed E-state index contributed by atoms with van der Waals surface area (Å²) in [5.41, 5.74) is 6.31. The van der Waals surface area contributed by atoms with E-state index in [2.05, 4.69) is 10.3 Å². The Kier molecular flexibility index (Phi) is 2.61. The lowest BCUT2D eigenvalue weighted by molar-refractivity contribution is 0.374. The minimum atomic E-state index is 0.467. The molecule has 0 unspecified atom stereocenters. The Morgan fingerprint density at radius 1 is 1.54 bits per heavy atom. The lowest BCUT2D eigenvalue weighted by Crippen LogP contribution is -2.26. The Bertz CT molecular complexity index is 266. The Morgan fingerprint density at radius 3 is 2.92 bits per heavy atom. The first-order chi connectivity index (χ1) is 6.40. The molecule has 1 fully saturated rings. The van der Waals surface area contributed by atoms with Crippen molar-refractivity contribution in [3.8, 4) is 0 Å². The molecule has 0 saturated carbocycles. The third-order valence-corrected chi connectivity index (χ3v) is 2.47. The predicted molar refractivity (Wildman–Crippen MR) is 49.2 cm³/mol. The van der Waals surface area contributed by atoms with Crippen molar-refractivity contribution in [2.75, 3.05) is 13.1 Å². The first-order valence-corrected chi connectivity index (χ1v) is 4.75. The first kappa shape index (κ1) is 8.72. The minimum absolute atomic E-state index is 0.467. The number of piperidine rings is 1. The van der Waals surface area contributed by atoms with E-state index in [4.69, 9.17) is 10.2 Å². The third-order valence-electron chi connectivity index (χ3n) is 2.47. The maximum Gasteiger partial charge on any atom is 0.197 e. The summed E-state index contributed by atoms with van der Waals surface area (Å²) < 4.78 is 5.38. The van der Waals surface area contributed by atoms with Gasteiger partial charge in [-0.05, 0) is 25.9 Å². The SMILES string of the molecule is NCc1coc(C2CCNCC2)n1. The second-order valence-electron chi connectivity index (χ2n) is 3.41. The predicted octanol–water partition coefficient (Wildman–Crippen LogP) is 0.600. The van der Waals surface area contributed by atoms with Crippen LogP contribution in [-0.4, -0.2) is 18.1 Å². The van der Waals surface area contributed by atoms with Crippen LogP contribution in [-0.2, 0) is 6.54 Å². The fraction of sp³-hybridized carbons (Fsp3) is 0.667. The van der Waals surface area contributed by atoms with Gasteiger partial charge in [-0.2, -0.15) is 0 Å². The lowest BCUT2D eigenvalue weighted by Gasteiger charge is -2.19. The molecule has 1 aliphatic heterocycles. The molecule has 72 valence electrons. The summed E-state index contributed by atoms with van der Waals surface area (Å²) in [6.07, 6.45) is 3.90. The molecule has 1 aromatic rings. The molecule has 0 aliphatic carbocycles. The van der Waals surface area contributed by atoms with Crippen molar-refractivity contribution in [2.45, 2.75) is 25.3 Å². The molecule has 2 rings (SSSR count). The van der Waals surface area contributed by atoms with Gasteiger partial charge in [-0.1, -0.05) is 0 Å². The van der Waals surface area contributed by atoms with E-state index in [-0.39, 0.29) is 0 Å². The normalized spacial score (nSPS) is 19.2. The van der Waals surface area contributed by atoms with Crippen LogP contribution in [0, 0.1) is 0 Å². The van der Waals surface area contributed by atoms with Gasteiger partial charge in [-0.25, -0.2) is 4.98 Å². The molecule has 0 atom stereocenters. The van der Waals surface area contributed by atoms with Gasteiger partial charge in [0, 0.05) is 12.5 Å². The van der Waals surface area contributed by atoms with E-state index in [0.29, 0.717) is 12.5 Å². The topological polar surface area (TPSA) is 64.1 Å². The summed E-state index contributed by atoms with van der Waals surface area (Å²) in [7, 11) is 0. The Morgan fingerprint density at radius 2 is 2.31 bits per heavy atom. The molecule has 0 radical (unpaired) electrons. The van der Waals surface area contributed by atoms with E-state index in [9.17, 15) is 0 Å². The van der Waals surface area contributed by atoms with Crippen LogP contribution in [0.5, 0.6) is 0 Å². The highest BCUT2D eigenvalue weighted by Crippen LogP contribution is 2.23. The largest absolute Gasteiger partial charge is 0.448 e. The fourth-order valence-electron chi connectivity index (χ4n) is 1.67. The van der Waals surface area contributed by atoms with E-state index in [1.165, 1.54) is 0 Å². The Hall–Kier alpha value is -0.870. The van der Waals surface area contributed by atoms with Crippen LogP contribution >= 0.6 is 0 Å². The Labute approximate surface area is 77.5 Å². The highest BCUT2D eigenvalue weighted by atomic mass is 16.3. The van der Waals surface area contributed by atoms with Gasteiger partial charge in [0.2, 0.25) is 0 Å². The molecule has 0 amide bonds. The molecule has 0 bridgehead atoms. The number of hydrogen-bond acceptors (Lipinski definition) is 4. The van der Waals surface area contributed by atoms with Gasteiger partial charge in [0.05, 0.1) is 5.69 Å². The number of nitrogens with one attached hydrogen (secondary N) is 1. The monoisotopic (exact) mass is 181 g/mol. The number of hydrogen-bond donors (Lipinski definition) is 2. The summed E-state index contributed by atoms with van der Waals surface area (Å²) in [5, 5.41) is 3.31. The second-order valence-corrected chi connectivity index (χ2v) is 3.41. The van der Waals surface area contributed by atoms with Gasteiger partial charge in [0.15, 0.2) is 5.89 Å². The van der Waals surface area contributed by atoms with Crippen molar-refractivity contribution in [1.82, 2.24) is 10.3 Å². The summed E-state index contributed by atoms with van der Waals surface area (Å²) in [4.78, 5) is 4.33. The van der Waals surface area contributed by atoms with E-state index >= 15 is 0 Å². The van der Waals surface area contributed by atoms with E-state index in [0.717, 1.165) is 37.5 Å². The van der Waals surface area contributed by atoms with Crippen LogP contribution < -0.4 is 11.1 Å². The minimum Gasteiger partial charge on any atom is -0.448 e. The average molecular weight is 181 g/mol. The van der Waals surface area contributed by atoms with Crippen LogP contribution in [0.25, 0.3) is 0 Å². The highest BCUT2D eigenvalue weighted by Gasteiger charge is 2.19. The van der Waals surface area contributed by atoms with Crippen molar-refractivity contribution in [3.05, 3.63) is 17.8 Å². The molecule has 0 aromatic carbocycles. The zero-order valence-electron chi connectivity index (χ0n) is 7.62. The smallest absolute Gasteiger partial charge is 0.197 e. The maximum atomic E-state index is 5.46. The van der Waals surface area contributed by atoms with E-state index in [1.807, 2.05) is 0 Å². The zero-order chi connectivity index (χ0) is 9.10. The number of nitrogens with two attached hydrogens (primary N) is 1. The van der Waals surface area contributed by atoms with Gasteiger partial charge in [-0.3, -0.25) is 0 Å². The van der Waals surface area contributed by atoms with Gasteiger partial charge >= 0.3 is 0 Å². The molecule has 13 heavy (non-hydrogen) atoms. The molecule has 4 heteroatoms. The third kappa shape index (κ3) is 1.89. The number of aromatic nitrogens is 1. The highest BCUT2D eigenvalue weighted by molar-refractivity contribution is 5.01. The van der Waals surface area contributed by atoms with Crippen molar-refractivity contribution < 1.29 is 4.42 Å².